The van der Waals surface area contributed by atoms with Crippen LogP contribution in [0, 0.1) is 18.9 Å². The van der Waals surface area contributed by atoms with E-state index in [4.69, 9.17) is 13.6 Å². The molecule has 1 saturated carbocycles. The molecule has 1 aliphatic carbocycles. The van der Waals surface area contributed by atoms with Gasteiger partial charge in [-0.2, -0.15) is 30.5 Å². The van der Waals surface area contributed by atoms with Gasteiger partial charge in [0.25, 0.3) is 0 Å². The molecule has 0 atom stereocenters. The molecule has 0 saturated heterocycles. The van der Waals surface area contributed by atoms with E-state index in [1.165, 1.54) is 55.2 Å². The molecule has 0 bridgehead atoms. The fourth-order valence-electron chi connectivity index (χ4n) is 6.33. The SMILES string of the molecule is CC(C)(C)c1c[c-]c(O[PH+](Oc2ccc(C(C)(C)C)cc2C(C)(C)C)Oc2ccc(C(C)(C)C)cc2C(C)(C)C)c(C(C)(C)C)c1.[CH-]1CC[CH-]CCCC1.[Rh+3]. The van der Waals surface area contributed by atoms with Gasteiger partial charge in [0.05, 0.1) is 5.75 Å². The fourth-order valence-corrected chi connectivity index (χ4v) is 7.50. The van der Waals surface area contributed by atoms with Crippen molar-refractivity contribution in [2.75, 3.05) is 0 Å². The van der Waals surface area contributed by atoms with E-state index in [9.17, 15) is 0 Å². The van der Waals surface area contributed by atoms with Gasteiger partial charge in [-0.1, -0.05) is 173 Å². The third kappa shape index (κ3) is 15.1. The number of rotatable bonds is 6. The molecule has 5 heteroatoms. The second-order valence-corrected chi connectivity index (χ2v) is 22.7. The molecule has 0 radical (unpaired) electrons. The second-order valence-electron chi connectivity index (χ2n) is 21.5. The maximum atomic E-state index is 6.92. The van der Waals surface area contributed by atoms with Crippen LogP contribution >= 0.6 is 8.60 Å². The minimum atomic E-state index is -2.42. The summed E-state index contributed by atoms with van der Waals surface area (Å²) in [5.74, 6) is 2.27. The van der Waals surface area contributed by atoms with E-state index >= 15 is 0 Å². The Hall–Kier alpha value is -1.89. The predicted octanol–water partition coefficient (Wildman–Crippen LogP) is 15.5. The first-order valence-corrected chi connectivity index (χ1v) is 21.7. The molecule has 308 valence electrons. The van der Waals surface area contributed by atoms with Crippen molar-refractivity contribution in [2.24, 2.45) is 0 Å². The van der Waals surface area contributed by atoms with Crippen molar-refractivity contribution in [3.05, 3.63) is 101 Å². The fraction of sp³-hybridized carbons (Fsp3) is 0.600. The zero-order valence-electron chi connectivity index (χ0n) is 38.1. The Morgan fingerprint density at radius 2 is 0.818 bits per heavy atom. The largest absolute Gasteiger partial charge is 3.00 e. The molecular weight excluding hydrogens is 782 g/mol. The van der Waals surface area contributed by atoms with Crippen LogP contribution in [0.15, 0.2) is 48.5 Å². The average Bonchev–Trinajstić information content (AvgIpc) is 2.98. The minimum Gasteiger partial charge on any atom is -0.331 e. The predicted molar refractivity (Wildman–Crippen MR) is 237 cm³/mol. The van der Waals surface area contributed by atoms with Gasteiger partial charge in [0.15, 0.2) is 11.5 Å². The van der Waals surface area contributed by atoms with Crippen LogP contribution in [0.25, 0.3) is 0 Å². The third-order valence-corrected chi connectivity index (χ3v) is 11.2. The van der Waals surface area contributed by atoms with Crippen molar-refractivity contribution in [3.63, 3.8) is 0 Å². The van der Waals surface area contributed by atoms with Crippen LogP contribution in [0.4, 0.5) is 0 Å². The molecule has 3 aromatic carbocycles. The standard InChI is InChI=1S/C42H63O3P.C8H14.Rh/c1-37(2,3)28-19-22-34(31(25-28)40(10,11)12)43-46(44-35-23-20-29(38(4,5)6)26-32(35)41(13,14)15)45-36-24-21-30(39(7,8)9)27-33(36)42(16,17)18;1-2-4-6-8-7-5-3-1;/h19-23,25-27,46H,1-18H3;1,6H,2-5,7-8H2;/q;-2;+3. The summed E-state index contributed by atoms with van der Waals surface area (Å²) >= 11 is 0. The molecule has 0 amide bonds. The zero-order chi connectivity index (χ0) is 40.9. The van der Waals surface area contributed by atoms with Gasteiger partial charge in [0.1, 0.15) is 0 Å². The summed E-state index contributed by atoms with van der Waals surface area (Å²) in [4.78, 5) is 0. The normalized spacial score (nSPS) is 14.9. The summed E-state index contributed by atoms with van der Waals surface area (Å²) in [6.45, 7) is 40.2. The quantitative estimate of drug-likeness (QED) is 0.140. The average molecular weight is 860 g/mol. The maximum absolute atomic E-state index is 6.92. The second kappa shape index (κ2) is 19.2. The molecule has 0 N–H and O–H groups in total. The number of hydrogen-bond acceptors (Lipinski definition) is 3. The number of benzene rings is 3. The van der Waals surface area contributed by atoms with Gasteiger partial charge in [-0.05, 0) is 44.9 Å². The first-order valence-electron chi connectivity index (χ1n) is 20.5. The van der Waals surface area contributed by atoms with E-state index in [-0.39, 0.29) is 52.0 Å². The Labute approximate surface area is 353 Å². The molecule has 0 spiro atoms. The monoisotopic (exact) mass is 859 g/mol. The van der Waals surface area contributed by atoms with E-state index in [2.05, 4.69) is 192 Å². The van der Waals surface area contributed by atoms with Crippen molar-refractivity contribution in [3.8, 4) is 17.2 Å². The van der Waals surface area contributed by atoms with Crippen molar-refractivity contribution < 1.29 is 33.0 Å². The summed E-state index contributed by atoms with van der Waals surface area (Å²) in [5, 5.41) is 0. The van der Waals surface area contributed by atoms with Crippen LogP contribution in [0.5, 0.6) is 17.2 Å². The molecule has 0 aromatic heterocycles. The van der Waals surface area contributed by atoms with Crippen LogP contribution in [0.1, 0.15) is 197 Å². The van der Waals surface area contributed by atoms with Crippen LogP contribution in [0.3, 0.4) is 0 Å². The molecule has 3 aromatic rings. The van der Waals surface area contributed by atoms with Gasteiger partial charge < -0.3 is 12.8 Å². The molecule has 3 nitrogen and oxygen atoms in total. The Bertz CT molecular complexity index is 1440. The Kier molecular flexibility index (Phi) is 17.2. The van der Waals surface area contributed by atoms with Gasteiger partial charge in [-0.25, -0.2) is 12.8 Å². The first-order chi connectivity index (χ1) is 24.6. The Morgan fingerprint density at radius 3 is 1.16 bits per heavy atom. The van der Waals surface area contributed by atoms with E-state index in [0.717, 1.165) is 28.2 Å². The summed E-state index contributed by atoms with van der Waals surface area (Å²) in [6, 6.07) is 21.0. The molecule has 1 fully saturated rings. The van der Waals surface area contributed by atoms with Crippen LogP contribution in [-0.2, 0) is 52.0 Å². The van der Waals surface area contributed by atoms with Crippen molar-refractivity contribution >= 4 is 8.60 Å². The van der Waals surface area contributed by atoms with Gasteiger partial charge in [0, 0.05) is 11.1 Å². The number of hydrogen-bond donors (Lipinski definition) is 0. The summed E-state index contributed by atoms with van der Waals surface area (Å²) in [5.41, 5.74) is 6.68. The molecule has 1 aliphatic rings. The zero-order valence-corrected chi connectivity index (χ0v) is 40.7. The van der Waals surface area contributed by atoms with E-state index < -0.39 is 8.60 Å². The molecule has 55 heavy (non-hydrogen) atoms. The van der Waals surface area contributed by atoms with Gasteiger partial charge in [-0.3, -0.25) is 13.6 Å². The Balaban J connectivity index is 0.00000103. The van der Waals surface area contributed by atoms with Crippen LogP contribution < -0.4 is 13.6 Å². The smallest absolute Gasteiger partial charge is 0.331 e. The molecule has 0 aliphatic heterocycles. The van der Waals surface area contributed by atoms with Gasteiger partial charge >= 0.3 is 28.1 Å². The van der Waals surface area contributed by atoms with E-state index in [1.807, 2.05) is 0 Å². The van der Waals surface area contributed by atoms with Crippen LogP contribution in [-0.4, -0.2) is 0 Å². The molecule has 4 rings (SSSR count). The topological polar surface area (TPSA) is 27.7 Å². The van der Waals surface area contributed by atoms with Crippen molar-refractivity contribution in [2.45, 2.75) is 196 Å². The molecule has 0 unspecified atom stereocenters. The third-order valence-electron chi connectivity index (χ3n) is 10.1. The molecule has 0 heterocycles. The van der Waals surface area contributed by atoms with Crippen LogP contribution in [0.2, 0.25) is 0 Å². The van der Waals surface area contributed by atoms with Crippen molar-refractivity contribution in [1.82, 2.24) is 0 Å². The van der Waals surface area contributed by atoms with Gasteiger partial charge in [-0.15, -0.1) is 11.6 Å². The minimum absolute atomic E-state index is 0. The Morgan fingerprint density at radius 1 is 0.455 bits per heavy atom. The van der Waals surface area contributed by atoms with Crippen molar-refractivity contribution in [1.29, 1.82) is 0 Å². The van der Waals surface area contributed by atoms with E-state index in [1.54, 1.807) is 0 Å². The van der Waals surface area contributed by atoms with E-state index in [0.29, 0.717) is 5.75 Å². The summed E-state index contributed by atoms with van der Waals surface area (Å²) in [7, 11) is -2.42. The summed E-state index contributed by atoms with van der Waals surface area (Å²) < 4.78 is 20.7. The summed E-state index contributed by atoms with van der Waals surface area (Å²) in [6.07, 6.45) is 13.0. The van der Waals surface area contributed by atoms with Gasteiger partial charge in [0.2, 0.25) is 0 Å². The maximum Gasteiger partial charge on any atom is 3.00 e. The first kappa shape index (κ1) is 49.3. The molecular formula is C50H77O3PRh+.